The van der Waals surface area contributed by atoms with E-state index >= 15 is 0 Å². The Kier molecular flexibility index (Phi) is 3.97. The molecule has 1 N–H and O–H groups in total. The topological polar surface area (TPSA) is 49.8 Å². The summed E-state index contributed by atoms with van der Waals surface area (Å²) in [6, 6.07) is 8.44. The van der Waals surface area contributed by atoms with E-state index in [-0.39, 0.29) is 5.92 Å². The summed E-state index contributed by atoms with van der Waals surface area (Å²) in [5.74, 6) is 0.0149. The predicted octanol–water partition coefficient (Wildman–Crippen LogP) is 2.65. The van der Waals surface area contributed by atoms with E-state index < -0.39 is 5.97 Å². The number of carboxylic acids is 1. The Labute approximate surface area is 125 Å². The number of likely N-dealkylation sites (tertiary alicyclic amines) is 1. The molecule has 2 aliphatic heterocycles. The van der Waals surface area contributed by atoms with Crippen LogP contribution in [0.2, 0.25) is 0 Å². The molecular weight excluding hydrogens is 266 g/mol. The minimum atomic E-state index is -0.675. The second kappa shape index (κ2) is 5.90. The van der Waals surface area contributed by atoms with Crippen LogP contribution in [0.3, 0.4) is 0 Å². The smallest absolute Gasteiger partial charge is 0.307 e. The standard InChI is InChI=1S/C17H21NO3/c1-12-6-7-15(17(19)20)10-18(12)9-13-8-14-4-2-3-5-16(14)21-11-13/h2-5,8,12,15H,6-7,9-11H2,1H3,(H,19,20)/t12-,15+/m1/s1. The molecule has 3 rings (SSSR count). The van der Waals surface area contributed by atoms with Gasteiger partial charge in [-0.15, -0.1) is 0 Å². The Balaban J connectivity index is 1.71. The Morgan fingerprint density at radius 1 is 1.38 bits per heavy atom. The first-order valence-corrected chi connectivity index (χ1v) is 7.51. The minimum absolute atomic E-state index is 0.237. The fraction of sp³-hybridized carbons (Fsp3) is 0.471. The lowest BCUT2D eigenvalue weighted by molar-refractivity contribution is -0.144. The number of para-hydroxylation sites is 1. The van der Waals surface area contributed by atoms with Crippen molar-refractivity contribution in [1.82, 2.24) is 4.90 Å². The third kappa shape index (κ3) is 3.10. The molecule has 2 atom stereocenters. The fourth-order valence-corrected chi connectivity index (χ4v) is 3.12. The Hall–Kier alpha value is -1.81. The van der Waals surface area contributed by atoms with Crippen LogP contribution >= 0.6 is 0 Å². The van der Waals surface area contributed by atoms with E-state index in [1.54, 1.807) is 0 Å². The summed E-state index contributed by atoms with van der Waals surface area (Å²) in [6.07, 6.45) is 3.91. The molecular formula is C17H21NO3. The molecule has 112 valence electrons. The zero-order valence-corrected chi connectivity index (χ0v) is 12.3. The first-order valence-electron chi connectivity index (χ1n) is 7.51. The molecule has 1 saturated heterocycles. The van der Waals surface area contributed by atoms with E-state index in [2.05, 4.69) is 17.9 Å². The number of ether oxygens (including phenoxy) is 1. The SMILES string of the molecule is C[C@@H]1CC[C@H](C(=O)O)CN1CC1=Cc2ccccc2OC1. The van der Waals surface area contributed by atoms with Gasteiger partial charge in [-0.05, 0) is 37.5 Å². The average Bonchev–Trinajstić information content (AvgIpc) is 2.49. The molecule has 4 nitrogen and oxygen atoms in total. The number of carboxylic acid groups (broad SMARTS) is 1. The van der Waals surface area contributed by atoms with Crippen LogP contribution in [0.15, 0.2) is 29.8 Å². The zero-order valence-electron chi connectivity index (χ0n) is 12.3. The molecule has 0 amide bonds. The molecule has 0 unspecified atom stereocenters. The molecule has 0 radical (unpaired) electrons. The molecule has 0 aliphatic carbocycles. The van der Waals surface area contributed by atoms with E-state index in [0.717, 1.165) is 30.7 Å². The van der Waals surface area contributed by atoms with Gasteiger partial charge in [0, 0.05) is 24.7 Å². The molecule has 1 fully saturated rings. The number of piperidine rings is 1. The van der Waals surface area contributed by atoms with Gasteiger partial charge < -0.3 is 9.84 Å². The van der Waals surface area contributed by atoms with Crippen molar-refractivity contribution in [2.75, 3.05) is 19.7 Å². The quantitative estimate of drug-likeness (QED) is 0.928. The highest BCUT2D eigenvalue weighted by Gasteiger charge is 2.30. The van der Waals surface area contributed by atoms with E-state index in [0.29, 0.717) is 19.2 Å². The molecule has 0 saturated carbocycles. The van der Waals surface area contributed by atoms with Gasteiger partial charge in [-0.25, -0.2) is 0 Å². The summed E-state index contributed by atoms with van der Waals surface area (Å²) in [6.45, 7) is 4.20. The maximum absolute atomic E-state index is 11.2. The first-order chi connectivity index (χ1) is 10.1. The molecule has 2 heterocycles. The van der Waals surface area contributed by atoms with E-state index in [9.17, 15) is 9.90 Å². The summed E-state index contributed by atoms with van der Waals surface area (Å²) >= 11 is 0. The second-order valence-electron chi connectivity index (χ2n) is 6.02. The van der Waals surface area contributed by atoms with Crippen molar-refractivity contribution in [1.29, 1.82) is 0 Å². The monoisotopic (exact) mass is 287 g/mol. The lowest BCUT2D eigenvalue weighted by Gasteiger charge is -2.37. The summed E-state index contributed by atoms with van der Waals surface area (Å²) in [4.78, 5) is 13.5. The van der Waals surface area contributed by atoms with E-state index in [1.807, 2.05) is 24.3 Å². The van der Waals surface area contributed by atoms with Crippen LogP contribution in [-0.4, -0.2) is 41.7 Å². The van der Waals surface area contributed by atoms with Crippen molar-refractivity contribution in [3.05, 3.63) is 35.4 Å². The van der Waals surface area contributed by atoms with Crippen molar-refractivity contribution in [3.8, 4) is 5.75 Å². The molecule has 2 aliphatic rings. The largest absolute Gasteiger partial charge is 0.489 e. The van der Waals surface area contributed by atoms with Gasteiger partial charge in [0.05, 0.1) is 5.92 Å². The number of hydrogen-bond acceptors (Lipinski definition) is 3. The van der Waals surface area contributed by atoms with Crippen LogP contribution in [0, 0.1) is 5.92 Å². The van der Waals surface area contributed by atoms with E-state index in [4.69, 9.17) is 4.74 Å². The summed E-state index contributed by atoms with van der Waals surface area (Å²) < 4.78 is 5.78. The van der Waals surface area contributed by atoms with Crippen LogP contribution in [0.5, 0.6) is 5.75 Å². The molecule has 0 spiro atoms. The van der Waals surface area contributed by atoms with Crippen LogP contribution in [0.1, 0.15) is 25.3 Å². The number of fused-ring (bicyclic) bond motifs is 1. The van der Waals surface area contributed by atoms with Gasteiger partial charge in [-0.2, -0.15) is 0 Å². The van der Waals surface area contributed by atoms with Crippen molar-refractivity contribution in [2.24, 2.45) is 5.92 Å². The highest BCUT2D eigenvalue weighted by molar-refractivity contribution is 5.70. The molecule has 1 aromatic carbocycles. The Morgan fingerprint density at radius 3 is 3.00 bits per heavy atom. The molecule has 0 aromatic heterocycles. The number of aliphatic carboxylic acids is 1. The maximum atomic E-state index is 11.2. The van der Waals surface area contributed by atoms with Crippen molar-refractivity contribution >= 4 is 12.0 Å². The number of rotatable bonds is 3. The normalized spacial score (nSPS) is 25.7. The summed E-state index contributed by atoms with van der Waals surface area (Å²) in [7, 11) is 0. The summed E-state index contributed by atoms with van der Waals surface area (Å²) in [5, 5.41) is 9.21. The van der Waals surface area contributed by atoms with Crippen LogP contribution in [0.4, 0.5) is 0 Å². The van der Waals surface area contributed by atoms with Crippen molar-refractivity contribution < 1.29 is 14.6 Å². The lowest BCUT2D eigenvalue weighted by Crippen LogP contribution is -2.45. The molecule has 1 aromatic rings. The van der Waals surface area contributed by atoms with Gasteiger partial charge in [0.1, 0.15) is 12.4 Å². The first kappa shape index (κ1) is 14.1. The molecule has 4 heteroatoms. The van der Waals surface area contributed by atoms with Crippen LogP contribution in [0.25, 0.3) is 6.08 Å². The average molecular weight is 287 g/mol. The highest BCUT2D eigenvalue weighted by atomic mass is 16.5. The third-order valence-corrected chi connectivity index (χ3v) is 4.46. The zero-order chi connectivity index (χ0) is 14.8. The molecule has 0 bridgehead atoms. The van der Waals surface area contributed by atoms with Gasteiger partial charge in [0.2, 0.25) is 0 Å². The Morgan fingerprint density at radius 2 is 2.19 bits per heavy atom. The van der Waals surface area contributed by atoms with Gasteiger partial charge >= 0.3 is 5.97 Å². The van der Waals surface area contributed by atoms with Gasteiger partial charge in [0.15, 0.2) is 0 Å². The molecule has 21 heavy (non-hydrogen) atoms. The minimum Gasteiger partial charge on any atom is -0.489 e. The summed E-state index contributed by atoms with van der Waals surface area (Å²) in [5.41, 5.74) is 2.32. The van der Waals surface area contributed by atoms with Gasteiger partial charge in [-0.1, -0.05) is 18.2 Å². The maximum Gasteiger partial charge on any atom is 0.307 e. The van der Waals surface area contributed by atoms with Crippen molar-refractivity contribution in [2.45, 2.75) is 25.8 Å². The number of carbonyl (C=O) groups is 1. The van der Waals surface area contributed by atoms with Crippen LogP contribution in [-0.2, 0) is 4.79 Å². The second-order valence-corrected chi connectivity index (χ2v) is 6.02. The van der Waals surface area contributed by atoms with Crippen LogP contribution < -0.4 is 4.74 Å². The van der Waals surface area contributed by atoms with Crippen molar-refractivity contribution in [3.63, 3.8) is 0 Å². The number of nitrogens with zero attached hydrogens (tertiary/aromatic N) is 1. The highest BCUT2D eigenvalue weighted by Crippen LogP contribution is 2.28. The van der Waals surface area contributed by atoms with E-state index in [1.165, 1.54) is 5.57 Å². The lowest BCUT2D eigenvalue weighted by atomic mass is 9.93. The third-order valence-electron chi connectivity index (χ3n) is 4.46. The number of hydrogen-bond donors (Lipinski definition) is 1. The predicted molar refractivity (Wildman–Crippen MR) is 81.3 cm³/mol. The van der Waals surface area contributed by atoms with Gasteiger partial charge in [0.25, 0.3) is 0 Å². The Bertz CT molecular complexity index is 567. The van der Waals surface area contributed by atoms with Gasteiger partial charge in [-0.3, -0.25) is 9.69 Å². The number of benzene rings is 1. The fourth-order valence-electron chi connectivity index (χ4n) is 3.12.